The third-order valence-corrected chi connectivity index (χ3v) is 7.55. The number of nitrogens with two attached hydrogens (primary N) is 1. The van der Waals surface area contributed by atoms with E-state index in [9.17, 15) is 22.0 Å². The molecule has 4 heterocycles. The lowest BCUT2D eigenvalue weighted by Crippen LogP contribution is -2.54. The molecule has 0 saturated carbocycles. The SMILES string of the molecule is N[C@H]1C[C@@H](N2CCC3=C(C2)C2=NC=CC(C(F)(F)F)N2N3c2ccccc2)CO[C@@H]1c1cc(F)ccc1F. The second kappa shape index (κ2) is 9.48. The maximum atomic E-state index is 14.3. The van der Waals surface area contributed by atoms with Gasteiger partial charge in [-0.3, -0.25) is 9.91 Å². The first-order valence-corrected chi connectivity index (χ1v) is 12.5. The highest BCUT2D eigenvalue weighted by atomic mass is 19.4. The molecule has 0 amide bonds. The Morgan fingerprint density at radius 3 is 2.58 bits per heavy atom. The first-order valence-electron chi connectivity index (χ1n) is 12.5. The Kier molecular flexibility index (Phi) is 6.24. The van der Waals surface area contributed by atoms with E-state index in [0.29, 0.717) is 31.6 Å². The number of fused-ring (bicyclic) bond motifs is 2. The van der Waals surface area contributed by atoms with Crippen LogP contribution in [0.3, 0.4) is 0 Å². The van der Waals surface area contributed by atoms with Crippen LogP contribution in [0.2, 0.25) is 0 Å². The fraction of sp³-hybridized carbons (Fsp3) is 0.370. The van der Waals surface area contributed by atoms with Crippen LogP contribution in [0.1, 0.15) is 24.5 Å². The average Bonchev–Trinajstić information content (AvgIpc) is 3.24. The summed E-state index contributed by atoms with van der Waals surface area (Å²) in [5, 5.41) is 2.87. The zero-order valence-electron chi connectivity index (χ0n) is 20.3. The molecule has 0 bridgehead atoms. The van der Waals surface area contributed by atoms with Gasteiger partial charge in [0, 0.05) is 48.9 Å². The number of benzene rings is 2. The lowest BCUT2D eigenvalue weighted by molar-refractivity contribution is -0.161. The van der Waals surface area contributed by atoms with Crippen LogP contribution in [0.4, 0.5) is 27.6 Å². The minimum absolute atomic E-state index is 0.0890. The predicted octanol–water partition coefficient (Wildman–Crippen LogP) is 4.68. The number of nitrogens with zero attached hydrogens (tertiary/aromatic N) is 4. The highest BCUT2D eigenvalue weighted by Gasteiger charge is 2.52. The molecular weight excluding hydrogens is 505 g/mol. The summed E-state index contributed by atoms with van der Waals surface area (Å²) < 4.78 is 76.3. The number of halogens is 5. The normalized spacial score (nSPS) is 27.9. The zero-order chi connectivity index (χ0) is 26.6. The summed E-state index contributed by atoms with van der Waals surface area (Å²) in [5.41, 5.74) is 8.61. The summed E-state index contributed by atoms with van der Waals surface area (Å²) in [5.74, 6) is -0.866. The van der Waals surface area contributed by atoms with Gasteiger partial charge in [0.15, 0.2) is 11.9 Å². The zero-order valence-corrected chi connectivity index (χ0v) is 20.3. The van der Waals surface area contributed by atoms with Crippen LogP contribution in [0, 0.1) is 11.6 Å². The standard InChI is InChI=1S/C27H26F5N5O/c28-16-6-7-21(29)19(12-16)25-22(33)13-18(15-38-25)35-11-9-23-20(14-35)26-34-10-8-24(27(30,31)32)37(26)36(23)17-4-2-1-3-5-17/h1-8,10,12,18,22,24-25H,9,11,13-15,33H2/t18-,22+,24?,25-/m1/s1. The summed E-state index contributed by atoms with van der Waals surface area (Å²) in [4.78, 5) is 6.51. The van der Waals surface area contributed by atoms with E-state index in [0.717, 1.165) is 35.5 Å². The Morgan fingerprint density at radius 1 is 1.05 bits per heavy atom. The molecule has 6 rings (SSSR count). The molecule has 4 atom stereocenters. The summed E-state index contributed by atoms with van der Waals surface area (Å²) in [6, 6.07) is 9.62. The number of anilines is 1. The molecule has 2 aromatic carbocycles. The Balaban J connectivity index is 1.26. The lowest BCUT2D eigenvalue weighted by Gasteiger charge is -2.42. The molecule has 0 aliphatic carbocycles. The van der Waals surface area contributed by atoms with Gasteiger partial charge in [0.25, 0.3) is 0 Å². The van der Waals surface area contributed by atoms with Crippen molar-refractivity contribution in [3.63, 3.8) is 0 Å². The van der Waals surface area contributed by atoms with Gasteiger partial charge >= 0.3 is 6.18 Å². The first-order chi connectivity index (χ1) is 18.2. The molecule has 11 heteroatoms. The van der Waals surface area contributed by atoms with E-state index in [1.807, 2.05) is 6.07 Å². The van der Waals surface area contributed by atoms with E-state index in [-0.39, 0.29) is 24.0 Å². The number of aliphatic imine (C=N–C) groups is 1. The van der Waals surface area contributed by atoms with Crippen molar-refractivity contribution in [3.05, 3.63) is 89.3 Å². The molecule has 1 saturated heterocycles. The van der Waals surface area contributed by atoms with Crippen molar-refractivity contribution in [3.8, 4) is 0 Å². The van der Waals surface area contributed by atoms with E-state index in [4.69, 9.17) is 10.5 Å². The van der Waals surface area contributed by atoms with Gasteiger partial charge in [0.1, 0.15) is 17.7 Å². The van der Waals surface area contributed by atoms with Crippen LogP contribution >= 0.6 is 0 Å². The van der Waals surface area contributed by atoms with Crippen LogP contribution in [0.25, 0.3) is 0 Å². The first kappa shape index (κ1) is 25.0. The molecule has 0 aromatic heterocycles. The summed E-state index contributed by atoms with van der Waals surface area (Å²) >= 11 is 0. The Labute approximate surface area is 216 Å². The maximum absolute atomic E-state index is 14.3. The molecule has 0 spiro atoms. The third kappa shape index (κ3) is 4.28. The second-order valence-corrected chi connectivity index (χ2v) is 9.89. The Bertz CT molecular complexity index is 1310. The van der Waals surface area contributed by atoms with Gasteiger partial charge in [-0.25, -0.2) is 18.8 Å². The fourth-order valence-electron chi connectivity index (χ4n) is 5.80. The minimum atomic E-state index is -4.50. The van der Waals surface area contributed by atoms with Crippen LogP contribution in [-0.4, -0.2) is 59.7 Å². The number of ether oxygens (including phenoxy) is 1. The number of alkyl halides is 3. The fourth-order valence-corrected chi connectivity index (χ4v) is 5.80. The van der Waals surface area contributed by atoms with E-state index in [2.05, 4.69) is 9.89 Å². The van der Waals surface area contributed by atoms with Crippen LogP contribution in [0.5, 0.6) is 0 Å². The van der Waals surface area contributed by atoms with E-state index < -0.39 is 36.0 Å². The molecule has 2 aromatic rings. The molecule has 1 fully saturated rings. The highest BCUT2D eigenvalue weighted by molar-refractivity contribution is 6.05. The predicted molar refractivity (Wildman–Crippen MR) is 132 cm³/mol. The number of hydrogen-bond acceptors (Lipinski definition) is 6. The van der Waals surface area contributed by atoms with Gasteiger partial charge in [-0.15, -0.1) is 0 Å². The molecule has 6 nitrogen and oxygen atoms in total. The van der Waals surface area contributed by atoms with E-state index in [1.54, 1.807) is 29.3 Å². The van der Waals surface area contributed by atoms with Crippen molar-refractivity contribution >= 4 is 11.5 Å². The largest absolute Gasteiger partial charge is 0.414 e. The molecule has 2 N–H and O–H groups in total. The summed E-state index contributed by atoms with van der Waals surface area (Å²) in [6.07, 6.45) is -2.03. The van der Waals surface area contributed by atoms with Crippen molar-refractivity contribution in [2.24, 2.45) is 10.7 Å². The van der Waals surface area contributed by atoms with Crippen molar-refractivity contribution in [1.29, 1.82) is 0 Å². The molecule has 38 heavy (non-hydrogen) atoms. The van der Waals surface area contributed by atoms with Gasteiger partial charge in [-0.2, -0.15) is 13.2 Å². The smallest absolute Gasteiger partial charge is 0.370 e. The number of rotatable bonds is 3. The minimum Gasteiger partial charge on any atom is -0.370 e. The monoisotopic (exact) mass is 531 g/mol. The van der Waals surface area contributed by atoms with Crippen LogP contribution < -0.4 is 10.7 Å². The van der Waals surface area contributed by atoms with Crippen molar-refractivity contribution in [1.82, 2.24) is 9.91 Å². The number of hydrogen-bond donors (Lipinski definition) is 1. The summed E-state index contributed by atoms with van der Waals surface area (Å²) in [7, 11) is 0. The Hall–Kier alpha value is -3.28. The average molecular weight is 532 g/mol. The van der Waals surface area contributed by atoms with Gasteiger partial charge < -0.3 is 10.5 Å². The number of hydrazine groups is 1. The summed E-state index contributed by atoms with van der Waals surface area (Å²) in [6.45, 7) is 1.18. The topological polar surface area (TPSA) is 57.3 Å². The third-order valence-electron chi connectivity index (χ3n) is 7.55. The van der Waals surface area contributed by atoms with Crippen molar-refractivity contribution in [2.75, 3.05) is 24.7 Å². The molecule has 4 aliphatic heterocycles. The van der Waals surface area contributed by atoms with Gasteiger partial charge in [-0.05, 0) is 42.8 Å². The van der Waals surface area contributed by atoms with E-state index in [1.165, 1.54) is 11.2 Å². The second-order valence-electron chi connectivity index (χ2n) is 9.89. The quantitative estimate of drug-likeness (QED) is 0.584. The lowest BCUT2D eigenvalue weighted by atomic mass is 9.92. The van der Waals surface area contributed by atoms with Crippen LogP contribution in [-0.2, 0) is 4.74 Å². The van der Waals surface area contributed by atoms with Crippen LogP contribution in [0.15, 0.2) is 77.1 Å². The Morgan fingerprint density at radius 2 is 1.84 bits per heavy atom. The van der Waals surface area contributed by atoms with E-state index >= 15 is 0 Å². The molecule has 0 radical (unpaired) electrons. The van der Waals surface area contributed by atoms with Crippen molar-refractivity contribution < 1.29 is 26.7 Å². The van der Waals surface area contributed by atoms with Gasteiger partial charge in [0.2, 0.25) is 0 Å². The van der Waals surface area contributed by atoms with Crippen molar-refractivity contribution in [2.45, 2.75) is 43.2 Å². The number of amidine groups is 1. The molecule has 1 unspecified atom stereocenters. The highest BCUT2D eigenvalue weighted by Crippen LogP contribution is 2.43. The number of para-hydroxylation sites is 1. The molecular formula is C27H26F5N5O. The van der Waals surface area contributed by atoms with Gasteiger partial charge in [-0.1, -0.05) is 18.2 Å². The molecule has 4 aliphatic rings. The van der Waals surface area contributed by atoms with Gasteiger partial charge in [0.05, 0.1) is 18.0 Å². The maximum Gasteiger partial charge on any atom is 0.414 e. The molecule has 200 valence electrons.